The Bertz CT molecular complexity index is 1090. The van der Waals surface area contributed by atoms with Gasteiger partial charge >= 0.3 is 0 Å². The van der Waals surface area contributed by atoms with Crippen molar-refractivity contribution in [3.8, 4) is 11.9 Å². The number of nitrogens with zero attached hydrogens (tertiary/aromatic N) is 9. The molecule has 5 rings (SSSR count). The minimum absolute atomic E-state index is 0.510. The molecule has 2 aliphatic rings. The number of nitriles is 1. The predicted molar refractivity (Wildman–Crippen MR) is 107 cm³/mol. The van der Waals surface area contributed by atoms with Crippen LogP contribution >= 0.6 is 0 Å². The molecule has 0 spiro atoms. The van der Waals surface area contributed by atoms with E-state index < -0.39 is 0 Å². The van der Waals surface area contributed by atoms with E-state index in [1.807, 2.05) is 30.7 Å². The lowest BCUT2D eigenvalue weighted by Gasteiger charge is -2.23. The molecule has 0 aliphatic carbocycles. The number of anilines is 2. The maximum absolute atomic E-state index is 9.34. The minimum atomic E-state index is 0.510. The molecule has 5 heterocycles. The first-order chi connectivity index (χ1) is 14.1. The normalized spacial score (nSPS) is 20.7. The van der Waals surface area contributed by atoms with Crippen molar-refractivity contribution in [2.45, 2.75) is 13.8 Å². The fourth-order valence-corrected chi connectivity index (χ4v) is 4.49. The summed E-state index contributed by atoms with van der Waals surface area (Å²) in [6, 6.07) is 8.00. The molecule has 2 atom stereocenters. The highest BCUT2D eigenvalue weighted by Gasteiger charge is 2.41. The first kappa shape index (κ1) is 17.6. The Kier molecular flexibility index (Phi) is 4.12. The van der Waals surface area contributed by atoms with Crippen LogP contribution in [0.25, 0.3) is 5.82 Å². The Balaban J connectivity index is 1.33. The van der Waals surface area contributed by atoms with Crippen LogP contribution in [0.2, 0.25) is 0 Å². The largest absolute Gasteiger partial charge is 0.356 e. The van der Waals surface area contributed by atoms with E-state index in [0.29, 0.717) is 23.2 Å². The van der Waals surface area contributed by atoms with Crippen molar-refractivity contribution in [3.05, 3.63) is 47.7 Å². The molecule has 9 heteroatoms. The van der Waals surface area contributed by atoms with E-state index in [4.69, 9.17) is 0 Å². The van der Waals surface area contributed by atoms with E-state index in [1.165, 1.54) is 0 Å². The molecule has 2 aliphatic heterocycles. The minimum Gasteiger partial charge on any atom is -0.356 e. The first-order valence-corrected chi connectivity index (χ1v) is 9.70. The molecule has 0 N–H and O–H groups in total. The summed E-state index contributed by atoms with van der Waals surface area (Å²) >= 11 is 0. The molecule has 3 aromatic heterocycles. The van der Waals surface area contributed by atoms with Crippen LogP contribution in [0.15, 0.2) is 30.7 Å². The SMILES string of the molecule is Cc1cc(C)n(-c2cc(N3CC4CN(c5nnccc5C#N)CC4C3)ncn2)n1. The smallest absolute Gasteiger partial charge is 0.169 e. The lowest BCUT2D eigenvalue weighted by molar-refractivity contribution is 0.533. The molecule has 3 aromatic rings. The highest BCUT2D eigenvalue weighted by Crippen LogP contribution is 2.35. The summed E-state index contributed by atoms with van der Waals surface area (Å²) in [5.74, 6) is 3.44. The van der Waals surface area contributed by atoms with E-state index in [9.17, 15) is 5.26 Å². The second-order valence-corrected chi connectivity index (χ2v) is 7.78. The van der Waals surface area contributed by atoms with E-state index in [1.54, 1.807) is 18.6 Å². The molecule has 29 heavy (non-hydrogen) atoms. The van der Waals surface area contributed by atoms with Crippen LogP contribution in [0.3, 0.4) is 0 Å². The molecule has 0 bridgehead atoms. The summed E-state index contributed by atoms with van der Waals surface area (Å²) in [6.07, 6.45) is 3.18. The number of aryl methyl sites for hydroxylation is 2. The highest BCUT2D eigenvalue weighted by atomic mass is 15.3. The number of fused-ring (bicyclic) bond motifs is 1. The van der Waals surface area contributed by atoms with Crippen LogP contribution in [0.5, 0.6) is 0 Å². The molecule has 0 saturated carbocycles. The van der Waals surface area contributed by atoms with Crippen molar-refractivity contribution in [1.82, 2.24) is 29.9 Å². The van der Waals surface area contributed by atoms with Gasteiger partial charge in [0, 0.05) is 49.8 Å². The van der Waals surface area contributed by atoms with Crippen LogP contribution in [0.1, 0.15) is 17.0 Å². The van der Waals surface area contributed by atoms with Gasteiger partial charge in [-0.15, -0.1) is 5.10 Å². The summed E-state index contributed by atoms with van der Waals surface area (Å²) in [4.78, 5) is 13.4. The Labute approximate surface area is 168 Å². The molecule has 9 nitrogen and oxygen atoms in total. The lowest BCUT2D eigenvalue weighted by atomic mass is 10.0. The van der Waals surface area contributed by atoms with Gasteiger partial charge in [0.1, 0.15) is 18.2 Å². The topological polar surface area (TPSA) is 99.7 Å². The number of hydrogen-bond acceptors (Lipinski definition) is 8. The van der Waals surface area contributed by atoms with Crippen molar-refractivity contribution < 1.29 is 0 Å². The number of hydrogen-bond donors (Lipinski definition) is 0. The van der Waals surface area contributed by atoms with Crippen molar-refractivity contribution >= 4 is 11.6 Å². The Morgan fingerprint density at radius 3 is 2.41 bits per heavy atom. The van der Waals surface area contributed by atoms with Gasteiger partial charge in [0.2, 0.25) is 0 Å². The third kappa shape index (κ3) is 3.06. The molecule has 2 saturated heterocycles. The molecule has 0 radical (unpaired) electrons. The summed E-state index contributed by atoms with van der Waals surface area (Å²) in [7, 11) is 0. The zero-order valence-corrected chi connectivity index (χ0v) is 16.4. The zero-order valence-electron chi connectivity index (χ0n) is 16.4. The van der Waals surface area contributed by atoms with Crippen molar-refractivity contribution in [1.29, 1.82) is 5.26 Å². The summed E-state index contributed by atoms with van der Waals surface area (Å²) in [5, 5.41) is 22.0. The van der Waals surface area contributed by atoms with E-state index in [0.717, 1.165) is 49.2 Å². The third-order valence-corrected chi connectivity index (χ3v) is 5.80. The average molecular weight is 387 g/mol. The average Bonchev–Trinajstić information content (AvgIpc) is 3.40. The molecular weight excluding hydrogens is 366 g/mol. The van der Waals surface area contributed by atoms with E-state index >= 15 is 0 Å². The summed E-state index contributed by atoms with van der Waals surface area (Å²) in [6.45, 7) is 7.62. The highest BCUT2D eigenvalue weighted by molar-refractivity contribution is 5.54. The number of aromatic nitrogens is 6. The van der Waals surface area contributed by atoms with Crippen LogP contribution in [-0.4, -0.2) is 56.1 Å². The van der Waals surface area contributed by atoms with Crippen LogP contribution in [0.4, 0.5) is 11.6 Å². The fourth-order valence-electron chi connectivity index (χ4n) is 4.49. The van der Waals surface area contributed by atoms with Crippen molar-refractivity contribution in [2.24, 2.45) is 11.8 Å². The third-order valence-electron chi connectivity index (χ3n) is 5.80. The monoisotopic (exact) mass is 387 g/mol. The van der Waals surface area contributed by atoms with Crippen molar-refractivity contribution in [2.75, 3.05) is 36.0 Å². The zero-order chi connectivity index (χ0) is 20.0. The van der Waals surface area contributed by atoms with Crippen LogP contribution in [0, 0.1) is 37.0 Å². The summed E-state index contributed by atoms with van der Waals surface area (Å²) < 4.78 is 1.86. The Morgan fingerprint density at radius 2 is 1.72 bits per heavy atom. The van der Waals surface area contributed by atoms with Crippen LogP contribution in [-0.2, 0) is 0 Å². The summed E-state index contributed by atoms with van der Waals surface area (Å²) in [5.41, 5.74) is 2.61. The molecule has 2 unspecified atom stereocenters. The van der Waals surface area contributed by atoms with Gasteiger partial charge in [0.15, 0.2) is 11.6 Å². The maximum Gasteiger partial charge on any atom is 0.169 e. The first-order valence-electron chi connectivity index (χ1n) is 9.70. The molecule has 146 valence electrons. The Hall–Kier alpha value is -3.54. The van der Waals surface area contributed by atoms with Crippen LogP contribution < -0.4 is 9.80 Å². The molecule has 2 fully saturated rings. The van der Waals surface area contributed by atoms with Gasteiger partial charge in [0.25, 0.3) is 0 Å². The second-order valence-electron chi connectivity index (χ2n) is 7.78. The molecular formula is C20H21N9. The second kappa shape index (κ2) is 6.81. The maximum atomic E-state index is 9.34. The van der Waals surface area contributed by atoms with Gasteiger partial charge in [-0.1, -0.05) is 0 Å². The van der Waals surface area contributed by atoms with Gasteiger partial charge in [-0.2, -0.15) is 15.5 Å². The predicted octanol–water partition coefficient (Wildman–Crippen LogP) is 1.51. The van der Waals surface area contributed by atoms with Gasteiger partial charge in [-0.3, -0.25) is 0 Å². The quantitative estimate of drug-likeness (QED) is 0.667. The fraction of sp³-hybridized carbons (Fsp3) is 0.400. The lowest BCUT2D eigenvalue weighted by Crippen LogP contribution is -2.30. The van der Waals surface area contributed by atoms with Gasteiger partial charge in [0.05, 0.1) is 17.5 Å². The van der Waals surface area contributed by atoms with Gasteiger partial charge < -0.3 is 9.80 Å². The van der Waals surface area contributed by atoms with E-state index in [-0.39, 0.29) is 0 Å². The Morgan fingerprint density at radius 1 is 1.00 bits per heavy atom. The van der Waals surface area contributed by atoms with Gasteiger partial charge in [-0.05, 0) is 26.0 Å². The van der Waals surface area contributed by atoms with Crippen molar-refractivity contribution in [3.63, 3.8) is 0 Å². The molecule has 0 amide bonds. The number of rotatable bonds is 3. The molecule has 0 aromatic carbocycles. The standard InChI is InChI=1S/C20H21N9/c1-13-5-14(2)29(26-13)19-6-18(22-12-23-19)27-8-16-10-28(11-17(16)9-27)20-15(7-21)3-4-24-25-20/h3-6,12,16-17H,8-11H2,1-2H3. The van der Waals surface area contributed by atoms with E-state index in [2.05, 4.69) is 41.1 Å². The van der Waals surface area contributed by atoms with Gasteiger partial charge in [-0.25, -0.2) is 14.6 Å².